The van der Waals surface area contributed by atoms with Crippen molar-refractivity contribution in [2.45, 2.75) is 25.3 Å². The van der Waals surface area contributed by atoms with Crippen molar-refractivity contribution in [2.75, 3.05) is 6.26 Å². The van der Waals surface area contributed by atoms with E-state index in [1.54, 1.807) is 25.3 Å². The number of hydrogen-bond donors (Lipinski definition) is 1. The molecule has 4 aromatic rings. The van der Waals surface area contributed by atoms with Crippen LogP contribution in [0, 0.1) is 13.8 Å². The Bertz CT molecular complexity index is 1460. The van der Waals surface area contributed by atoms with Crippen LogP contribution in [0.5, 0.6) is 0 Å². The van der Waals surface area contributed by atoms with Gasteiger partial charge in [-0.3, -0.25) is 14.5 Å². The fourth-order valence-corrected chi connectivity index (χ4v) is 4.78. The van der Waals surface area contributed by atoms with E-state index in [4.69, 9.17) is 0 Å². The Kier molecular flexibility index (Phi) is 5.56. The minimum absolute atomic E-state index is 0.158. The lowest BCUT2D eigenvalue weighted by atomic mass is 10.0. The summed E-state index contributed by atoms with van der Waals surface area (Å²) in [6, 6.07) is 14.7. The molecule has 1 N–H and O–H groups in total. The van der Waals surface area contributed by atoms with Gasteiger partial charge in [0.05, 0.1) is 28.3 Å². The summed E-state index contributed by atoms with van der Waals surface area (Å²) < 4.78 is 25.7. The monoisotopic (exact) mass is 448 g/mol. The Morgan fingerprint density at radius 3 is 2.53 bits per heavy atom. The predicted octanol–water partition coefficient (Wildman–Crippen LogP) is 3.59. The fourth-order valence-electron chi connectivity index (χ4n) is 3.79. The van der Waals surface area contributed by atoms with Gasteiger partial charge in [-0.1, -0.05) is 18.2 Å². The molecule has 0 fully saturated rings. The summed E-state index contributed by atoms with van der Waals surface area (Å²) in [6.45, 7) is 3.92. The second-order valence-corrected chi connectivity index (χ2v) is 9.90. The molecular weight excluding hydrogens is 424 g/mol. The van der Waals surface area contributed by atoms with E-state index in [-0.39, 0.29) is 17.3 Å². The maximum absolute atomic E-state index is 12.6. The quantitative estimate of drug-likeness (QED) is 0.504. The van der Waals surface area contributed by atoms with Crippen LogP contribution < -0.4 is 5.32 Å². The van der Waals surface area contributed by atoms with Gasteiger partial charge in [-0.15, -0.1) is 0 Å². The summed E-state index contributed by atoms with van der Waals surface area (Å²) in [6.07, 6.45) is 2.85. The molecule has 0 unspecified atom stereocenters. The van der Waals surface area contributed by atoms with E-state index >= 15 is 0 Å². The number of sulfone groups is 1. The highest BCUT2D eigenvalue weighted by Gasteiger charge is 2.15. The maximum Gasteiger partial charge on any atom is 0.251 e. The maximum atomic E-state index is 12.6. The first-order valence-electron chi connectivity index (χ1n) is 10.1. The highest BCUT2D eigenvalue weighted by atomic mass is 32.2. The molecule has 164 valence electrons. The van der Waals surface area contributed by atoms with Gasteiger partial charge in [-0.25, -0.2) is 8.42 Å². The molecule has 0 atom stereocenters. The van der Waals surface area contributed by atoms with Crippen LogP contribution in [0.2, 0.25) is 0 Å². The number of nitrogens with zero attached hydrogens (tertiary/aromatic N) is 3. The lowest BCUT2D eigenvalue weighted by Crippen LogP contribution is -2.23. The molecule has 7 nitrogen and oxygen atoms in total. The molecule has 0 bridgehead atoms. The van der Waals surface area contributed by atoms with Crippen LogP contribution in [-0.2, 0) is 23.4 Å². The molecule has 0 aliphatic heterocycles. The molecule has 0 aliphatic carbocycles. The number of fused-ring (bicyclic) bond motifs is 1. The molecule has 2 aromatic heterocycles. The summed E-state index contributed by atoms with van der Waals surface area (Å²) in [5.74, 6) is -0.353. The van der Waals surface area contributed by atoms with Crippen molar-refractivity contribution in [3.05, 3.63) is 77.2 Å². The van der Waals surface area contributed by atoms with E-state index in [1.807, 2.05) is 36.9 Å². The third kappa shape index (κ3) is 4.27. The zero-order chi connectivity index (χ0) is 23.0. The average Bonchev–Trinajstić information content (AvgIpc) is 3.04. The first kappa shape index (κ1) is 21.7. The van der Waals surface area contributed by atoms with Crippen LogP contribution in [0.4, 0.5) is 0 Å². The standard InChI is InChI=1S/C24H24N4O3S/c1-15-5-6-19(13-23(15)32(4,30)31)24(29)26-14-20-11-18(9-10-25-20)17-7-8-21-16(2)27-28(3)22(21)12-17/h5-13H,14H2,1-4H3,(H,26,29). The number of nitrogens with one attached hydrogen (secondary N) is 1. The van der Waals surface area contributed by atoms with Gasteiger partial charge >= 0.3 is 0 Å². The van der Waals surface area contributed by atoms with Gasteiger partial charge in [0.15, 0.2) is 9.84 Å². The number of pyridine rings is 1. The van der Waals surface area contributed by atoms with E-state index in [1.165, 1.54) is 6.07 Å². The number of rotatable bonds is 5. The normalized spacial score (nSPS) is 11.6. The first-order valence-corrected chi connectivity index (χ1v) is 12.0. The van der Waals surface area contributed by atoms with Crippen LogP contribution >= 0.6 is 0 Å². The van der Waals surface area contributed by atoms with Crippen LogP contribution in [0.3, 0.4) is 0 Å². The molecule has 0 radical (unpaired) electrons. The van der Waals surface area contributed by atoms with Crippen molar-refractivity contribution < 1.29 is 13.2 Å². The number of amides is 1. The van der Waals surface area contributed by atoms with E-state index in [2.05, 4.69) is 27.5 Å². The minimum Gasteiger partial charge on any atom is -0.346 e. The molecule has 1 amide bonds. The molecule has 0 saturated heterocycles. The topological polar surface area (TPSA) is 93.9 Å². The number of benzene rings is 2. The number of aryl methyl sites for hydroxylation is 3. The Morgan fingerprint density at radius 2 is 1.78 bits per heavy atom. The summed E-state index contributed by atoms with van der Waals surface area (Å²) in [7, 11) is -1.49. The van der Waals surface area contributed by atoms with Crippen molar-refractivity contribution >= 4 is 26.6 Å². The Labute approximate surface area is 187 Å². The van der Waals surface area contributed by atoms with Crippen molar-refractivity contribution in [3.8, 4) is 11.1 Å². The number of hydrogen-bond acceptors (Lipinski definition) is 5. The Hall–Kier alpha value is -3.52. The van der Waals surface area contributed by atoms with Gasteiger partial charge in [-0.05, 0) is 60.9 Å². The van der Waals surface area contributed by atoms with E-state index in [0.29, 0.717) is 16.8 Å². The summed E-state index contributed by atoms with van der Waals surface area (Å²) in [4.78, 5) is 17.1. The molecule has 2 heterocycles. The van der Waals surface area contributed by atoms with Gasteiger partial charge in [-0.2, -0.15) is 5.10 Å². The second-order valence-electron chi connectivity index (χ2n) is 7.91. The predicted molar refractivity (Wildman–Crippen MR) is 124 cm³/mol. The smallest absolute Gasteiger partial charge is 0.251 e. The number of carbonyl (C=O) groups is 1. The second kappa shape index (κ2) is 8.20. The van der Waals surface area contributed by atoms with Gasteiger partial charge in [0, 0.05) is 30.4 Å². The lowest BCUT2D eigenvalue weighted by molar-refractivity contribution is 0.0950. The summed E-state index contributed by atoms with van der Waals surface area (Å²) >= 11 is 0. The van der Waals surface area contributed by atoms with Gasteiger partial charge in [0.1, 0.15) is 0 Å². The molecule has 32 heavy (non-hydrogen) atoms. The first-order chi connectivity index (χ1) is 15.1. The van der Waals surface area contributed by atoms with Crippen molar-refractivity contribution in [3.63, 3.8) is 0 Å². The zero-order valence-corrected chi connectivity index (χ0v) is 19.2. The molecule has 2 aromatic carbocycles. The molecular formula is C24H24N4O3S. The van der Waals surface area contributed by atoms with E-state index in [9.17, 15) is 13.2 Å². The molecule has 4 rings (SSSR count). The number of aromatic nitrogens is 3. The van der Waals surface area contributed by atoms with Crippen LogP contribution in [0.15, 0.2) is 59.6 Å². The van der Waals surface area contributed by atoms with Crippen molar-refractivity contribution in [1.29, 1.82) is 0 Å². The molecule has 8 heteroatoms. The third-order valence-corrected chi connectivity index (χ3v) is 6.70. The van der Waals surface area contributed by atoms with Crippen LogP contribution in [0.1, 0.15) is 27.3 Å². The minimum atomic E-state index is -3.41. The SMILES string of the molecule is Cc1ccc(C(=O)NCc2cc(-c3ccc4c(C)nn(C)c4c3)ccn2)cc1S(C)(=O)=O. The number of carbonyl (C=O) groups excluding carboxylic acids is 1. The Morgan fingerprint density at radius 1 is 1.03 bits per heavy atom. The Balaban J connectivity index is 1.54. The highest BCUT2D eigenvalue weighted by Crippen LogP contribution is 2.26. The molecule has 0 spiro atoms. The fraction of sp³-hybridized carbons (Fsp3) is 0.208. The van der Waals surface area contributed by atoms with Gasteiger partial charge in [0.25, 0.3) is 5.91 Å². The highest BCUT2D eigenvalue weighted by molar-refractivity contribution is 7.90. The molecule has 0 saturated carbocycles. The van der Waals surface area contributed by atoms with Crippen LogP contribution in [-0.4, -0.2) is 35.3 Å². The molecule has 0 aliphatic rings. The lowest BCUT2D eigenvalue weighted by Gasteiger charge is -2.09. The summed E-state index contributed by atoms with van der Waals surface area (Å²) in [5, 5.41) is 8.40. The van der Waals surface area contributed by atoms with E-state index < -0.39 is 9.84 Å². The average molecular weight is 449 g/mol. The van der Waals surface area contributed by atoms with E-state index in [0.717, 1.165) is 34.0 Å². The third-order valence-electron chi connectivity index (χ3n) is 5.47. The van der Waals surface area contributed by atoms with Gasteiger partial charge < -0.3 is 5.32 Å². The summed E-state index contributed by atoms with van der Waals surface area (Å²) in [5.41, 5.74) is 5.66. The van der Waals surface area contributed by atoms with Crippen LogP contribution in [0.25, 0.3) is 22.0 Å². The zero-order valence-electron chi connectivity index (χ0n) is 18.4. The van der Waals surface area contributed by atoms with Crippen molar-refractivity contribution in [2.24, 2.45) is 7.05 Å². The van der Waals surface area contributed by atoms with Crippen molar-refractivity contribution in [1.82, 2.24) is 20.1 Å². The van der Waals surface area contributed by atoms with Gasteiger partial charge in [0.2, 0.25) is 0 Å². The largest absolute Gasteiger partial charge is 0.346 e.